The van der Waals surface area contributed by atoms with E-state index in [1.165, 1.54) is 11.0 Å². The van der Waals surface area contributed by atoms with Crippen molar-refractivity contribution in [3.8, 4) is 5.00 Å². The van der Waals surface area contributed by atoms with E-state index in [9.17, 15) is 19.2 Å². The molecule has 1 fully saturated rings. The summed E-state index contributed by atoms with van der Waals surface area (Å²) in [5.74, 6) is -1.58. The minimum Gasteiger partial charge on any atom is -0.322 e. The molecule has 43 heavy (non-hydrogen) atoms. The van der Waals surface area contributed by atoms with Crippen LogP contribution in [0.1, 0.15) is 61.7 Å². The van der Waals surface area contributed by atoms with E-state index in [0.717, 1.165) is 69.3 Å². The maximum Gasteiger partial charge on any atom is 0.335 e. The maximum absolute atomic E-state index is 13.8. The van der Waals surface area contributed by atoms with Gasteiger partial charge in [0, 0.05) is 22.0 Å². The third-order valence-corrected chi connectivity index (χ3v) is 9.30. The second-order valence-corrected chi connectivity index (χ2v) is 12.3. The molecule has 0 spiro atoms. The van der Waals surface area contributed by atoms with Crippen LogP contribution in [0.4, 0.5) is 16.2 Å². The number of benzene rings is 2. The highest BCUT2D eigenvalue weighted by Gasteiger charge is 2.37. The van der Waals surface area contributed by atoms with Crippen LogP contribution in [-0.2, 0) is 22.4 Å². The number of hydrogen-bond donors (Lipinski definition) is 2. The fourth-order valence-electron chi connectivity index (χ4n) is 5.83. The number of carbonyl (C=O) groups is 4. The van der Waals surface area contributed by atoms with Gasteiger partial charge in [0.2, 0.25) is 0 Å². The maximum atomic E-state index is 13.8. The predicted octanol–water partition coefficient (Wildman–Crippen LogP) is 6.57. The number of nitrogens with one attached hydrogen (secondary N) is 2. The normalized spacial score (nSPS) is 16.0. The van der Waals surface area contributed by atoms with E-state index in [1.807, 2.05) is 68.7 Å². The van der Waals surface area contributed by atoms with Gasteiger partial charge in [-0.2, -0.15) is 0 Å². The second kappa shape index (κ2) is 11.1. The summed E-state index contributed by atoms with van der Waals surface area (Å²) in [4.78, 5) is 55.1. The molecule has 2 N–H and O–H groups in total. The van der Waals surface area contributed by atoms with Crippen LogP contribution in [0.5, 0.6) is 0 Å². The SMILES string of the molecule is Cc1ccc(NC(=O)c2c(-n3c(C)cc(/C=C4\C(=O)NC(=O)N(c5cccc(C)c5)C4=O)c3C)sc3c2CCCC3)cc1. The van der Waals surface area contributed by atoms with Crippen molar-refractivity contribution < 1.29 is 19.2 Å². The molecule has 1 saturated heterocycles. The number of thiophene rings is 1. The fourth-order valence-corrected chi connectivity index (χ4v) is 7.33. The van der Waals surface area contributed by atoms with Crippen molar-refractivity contribution in [3.63, 3.8) is 0 Å². The Balaban J connectivity index is 1.41. The van der Waals surface area contributed by atoms with Crippen LogP contribution in [-0.4, -0.2) is 28.3 Å². The van der Waals surface area contributed by atoms with Crippen LogP contribution in [0, 0.1) is 27.7 Å². The standard InChI is InChI=1S/C34H32N4O4S/c1-19-12-14-24(15-13-19)35-31(40)29-26-10-5-6-11-28(26)43-33(29)37-21(3)17-23(22(37)4)18-27-30(39)36-34(42)38(32(27)41)25-9-7-8-20(2)16-25/h7-9,12-18H,5-6,10-11H2,1-4H3,(H,35,40)(H,36,39,42)/b27-18+. The van der Waals surface area contributed by atoms with E-state index in [0.29, 0.717) is 16.8 Å². The lowest BCUT2D eigenvalue weighted by Crippen LogP contribution is -2.54. The molecular formula is C34H32N4O4S. The van der Waals surface area contributed by atoms with E-state index in [-0.39, 0.29) is 11.5 Å². The topological polar surface area (TPSA) is 101 Å². The molecule has 2 aromatic carbocycles. The Bertz CT molecular complexity index is 1840. The molecule has 9 heteroatoms. The molecule has 1 aliphatic carbocycles. The Kier molecular flexibility index (Phi) is 7.35. The van der Waals surface area contributed by atoms with Crippen molar-refractivity contribution in [3.05, 3.63) is 104 Å². The minimum atomic E-state index is -0.781. The molecule has 4 aromatic rings. The first-order valence-electron chi connectivity index (χ1n) is 14.3. The number of anilines is 2. The predicted molar refractivity (Wildman–Crippen MR) is 169 cm³/mol. The molecule has 0 atom stereocenters. The summed E-state index contributed by atoms with van der Waals surface area (Å²) in [6.07, 6.45) is 5.42. The molecule has 0 bridgehead atoms. The van der Waals surface area contributed by atoms with Gasteiger partial charge in [-0.1, -0.05) is 29.8 Å². The van der Waals surface area contributed by atoms with Crippen molar-refractivity contribution in [2.75, 3.05) is 10.2 Å². The summed E-state index contributed by atoms with van der Waals surface area (Å²) in [7, 11) is 0. The Morgan fingerprint density at radius 1 is 0.930 bits per heavy atom. The van der Waals surface area contributed by atoms with Gasteiger partial charge in [-0.15, -0.1) is 11.3 Å². The molecule has 5 amide bonds. The molecule has 0 saturated carbocycles. The van der Waals surface area contributed by atoms with Gasteiger partial charge in [0.15, 0.2) is 0 Å². The highest BCUT2D eigenvalue weighted by Crippen LogP contribution is 2.39. The largest absolute Gasteiger partial charge is 0.335 e. The third kappa shape index (κ3) is 5.21. The van der Waals surface area contributed by atoms with Crippen LogP contribution in [0.15, 0.2) is 60.2 Å². The fraction of sp³-hybridized carbons (Fsp3) is 0.235. The lowest BCUT2D eigenvalue weighted by molar-refractivity contribution is -0.122. The highest BCUT2D eigenvalue weighted by molar-refractivity contribution is 7.15. The number of aromatic nitrogens is 1. The van der Waals surface area contributed by atoms with E-state index in [1.54, 1.807) is 29.5 Å². The second-order valence-electron chi connectivity index (χ2n) is 11.2. The van der Waals surface area contributed by atoms with E-state index >= 15 is 0 Å². The molecule has 8 nitrogen and oxygen atoms in total. The zero-order valence-corrected chi connectivity index (χ0v) is 25.4. The number of fused-ring (bicyclic) bond motifs is 1. The van der Waals surface area contributed by atoms with Gasteiger partial charge in [0.1, 0.15) is 10.6 Å². The molecule has 2 aliphatic rings. The van der Waals surface area contributed by atoms with E-state index < -0.39 is 17.8 Å². The van der Waals surface area contributed by atoms with E-state index in [2.05, 4.69) is 10.6 Å². The van der Waals surface area contributed by atoms with Crippen LogP contribution >= 0.6 is 11.3 Å². The molecule has 3 heterocycles. The van der Waals surface area contributed by atoms with Crippen LogP contribution in [0.2, 0.25) is 0 Å². The average molecular weight is 593 g/mol. The highest BCUT2D eigenvalue weighted by atomic mass is 32.1. The summed E-state index contributed by atoms with van der Waals surface area (Å²) in [5, 5.41) is 6.22. The molecule has 0 unspecified atom stereocenters. The first kappa shape index (κ1) is 28.4. The number of barbiturate groups is 1. The lowest BCUT2D eigenvalue weighted by Gasteiger charge is -2.26. The van der Waals surface area contributed by atoms with Crippen molar-refractivity contribution in [1.29, 1.82) is 0 Å². The van der Waals surface area contributed by atoms with Crippen molar-refractivity contribution in [2.45, 2.75) is 53.4 Å². The van der Waals surface area contributed by atoms with Crippen molar-refractivity contribution >= 4 is 52.5 Å². The van der Waals surface area contributed by atoms with Crippen LogP contribution in [0.25, 0.3) is 11.1 Å². The Labute approximate surface area is 254 Å². The summed E-state index contributed by atoms with van der Waals surface area (Å²) in [6, 6.07) is 15.9. The summed E-state index contributed by atoms with van der Waals surface area (Å²) < 4.78 is 2.04. The lowest BCUT2D eigenvalue weighted by atomic mass is 9.95. The Morgan fingerprint density at radius 2 is 1.67 bits per heavy atom. The number of aryl methyl sites for hydroxylation is 4. The zero-order chi connectivity index (χ0) is 30.4. The average Bonchev–Trinajstić information content (AvgIpc) is 3.47. The van der Waals surface area contributed by atoms with Gasteiger partial charge in [-0.3, -0.25) is 19.7 Å². The number of nitrogens with zero attached hydrogens (tertiary/aromatic N) is 2. The quantitative estimate of drug-likeness (QED) is 0.202. The van der Waals surface area contributed by atoms with Gasteiger partial charge in [-0.25, -0.2) is 9.69 Å². The number of rotatable bonds is 5. The number of imide groups is 2. The van der Waals surface area contributed by atoms with Gasteiger partial charge < -0.3 is 9.88 Å². The number of carbonyl (C=O) groups excluding carboxylic acids is 4. The number of hydrogen-bond acceptors (Lipinski definition) is 5. The van der Waals surface area contributed by atoms with Crippen molar-refractivity contribution in [1.82, 2.24) is 9.88 Å². The smallest absolute Gasteiger partial charge is 0.322 e. The first-order chi connectivity index (χ1) is 20.6. The van der Waals surface area contributed by atoms with Crippen LogP contribution in [0.3, 0.4) is 0 Å². The van der Waals surface area contributed by atoms with Gasteiger partial charge in [0.25, 0.3) is 17.7 Å². The molecular weight excluding hydrogens is 560 g/mol. The van der Waals surface area contributed by atoms with Crippen LogP contribution < -0.4 is 15.5 Å². The summed E-state index contributed by atoms with van der Waals surface area (Å²) in [5.41, 5.74) is 7.05. The molecule has 6 rings (SSSR count). The Morgan fingerprint density at radius 3 is 2.42 bits per heavy atom. The van der Waals surface area contributed by atoms with Gasteiger partial charge >= 0.3 is 6.03 Å². The summed E-state index contributed by atoms with van der Waals surface area (Å²) in [6.45, 7) is 7.73. The van der Waals surface area contributed by atoms with Gasteiger partial charge in [-0.05, 0) is 106 Å². The molecule has 1 aliphatic heterocycles. The molecule has 0 radical (unpaired) electrons. The van der Waals surface area contributed by atoms with E-state index in [4.69, 9.17) is 0 Å². The minimum absolute atomic E-state index is 0.135. The van der Waals surface area contributed by atoms with Crippen molar-refractivity contribution in [2.24, 2.45) is 0 Å². The third-order valence-electron chi connectivity index (χ3n) is 8.02. The zero-order valence-electron chi connectivity index (χ0n) is 24.5. The number of amides is 5. The van der Waals surface area contributed by atoms with Gasteiger partial charge in [0.05, 0.1) is 11.3 Å². The summed E-state index contributed by atoms with van der Waals surface area (Å²) >= 11 is 1.63. The molecule has 218 valence electrons. The molecule has 2 aromatic heterocycles. The first-order valence-corrected chi connectivity index (χ1v) is 15.1. The number of urea groups is 1. The monoisotopic (exact) mass is 592 g/mol. The Hall–Kier alpha value is -4.76.